The number of hydrogen-bond donors (Lipinski definition) is 2. The lowest BCUT2D eigenvalue weighted by molar-refractivity contribution is 0.100. The van der Waals surface area contributed by atoms with Crippen LogP contribution in [0.5, 0.6) is 11.5 Å². The van der Waals surface area contributed by atoms with Gasteiger partial charge in [-0.25, -0.2) is 0 Å². The number of pyridine rings is 1. The number of aromatic nitrogens is 1. The van der Waals surface area contributed by atoms with Gasteiger partial charge in [-0.3, -0.25) is 9.78 Å². The summed E-state index contributed by atoms with van der Waals surface area (Å²) in [5.41, 5.74) is 7.35. The van der Waals surface area contributed by atoms with Crippen molar-refractivity contribution in [3.05, 3.63) is 52.7 Å². The Morgan fingerprint density at radius 1 is 1.32 bits per heavy atom. The van der Waals surface area contributed by atoms with Crippen molar-refractivity contribution in [3.63, 3.8) is 0 Å². The molecule has 5 nitrogen and oxygen atoms in total. The van der Waals surface area contributed by atoms with Gasteiger partial charge in [0.2, 0.25) is 0 Å². The Morgan fingerprint density at radius 3 is 2.64 bits per heavy atom. The highest BCUT2D eigenvalue weighted by Crippen LogP contribution is 2.48. The molecular weight excluding hydrogens is 336 g/mol. The molecule has 4 rings (SSSR count). The summed E-state index contributed by atoms with van der Waals surface area (Å²) < 4.78 is 6.89. The van der Waals surface area contributed by atoms with E-state index in [1.54, 1.807) is 12.4 Å². The highest BCUT2D eigenvalue weighted by molar-refractivity contribution is 7.21. The van der Waals surface area contributed by atoms with E-state index in [9.17, 15) is 9.90 Å². The van der Waals surface area contributed by atoms with Gasteiger partial charge in [-0.05, 0) is 43.0 Å². The number of hydrogen-bond acceptors (Lipinski definition) is 5. The second kappa shape index (κ2) is 5.82. The molecule has 1 amide bonds. The summed E-state index contributed by atoms with van der Waals surface area (Å²) in [6.07, 6.45) is 5.41. The number of aryl methyl sites for hydroxylation is 1. The summed E-state index contributed by atoms with van der Waals surface area (Å²) in [5.74, 6) is 0.862. The number of thiophene rings is 1. The van der Waals surface area contributed by atoms with Crippen LogP contribution in [-0.4, -0.2) is 22.6 Å². The number of nitrogens with zero attached hydrogens (tertiary/aromatic N) is 1. The second-order valence-corrected chi connectivity index (χ2v) is 7.55. The molecule has 1 aliphatic rings. The number of carbonyl (C=O) groups excluding carboxylic acids is 1. The zero-order chi connectivity index (χ0) is 17.6. The van der Waals surface area contributed by atoms with E-state index in [-0.39, 0.29) is 12.0 Å². The minimum Gasteiger partial charge on any atom is -0.455 e. The minimum absolute atomic E-state index is 0.0551. The third kappa shape index (κ3) is 2.67. The van der Waals surface area contributed by atoms with Gasteiger partial charge in [-0.2, -0.15) is 0 Å². The van der Waals surface area contributed by atoms with Crippen LogP contribution in [0.25, 0.3) is 10.1 Å². The number of ether oxygens (including phenoxy) is 1. The van der Waals surface area contributed by atoms with Crippen molar-refractivity contribution in [2.45, 2.75) is 25.2 Å². The van der Waals surface area contributed by atoms with Gasteiger partial charge in [0, 0.05) is 17.0 Å². The molecule has 6 heteroatoms. The smallest absolute Gasteiger partial charge is 0.259 e. The summed E-state index contributed by atoms with van der Waals surface area (Å²) >= 11 is 1.33. The highest BCUT2D eigenvalue weighted by Gasteiger charge is 2.43. The van der Waals surface area contributed by atoms with Gasteiger partial charge in [0.25, 0.3) is 5.91 Å². The van der Waals surface area contributed by atoms with Crippen molar-refractivity contribution in [2.24, 2.45) is 5.73 Å². The summed E-state index contributed by atoms with van der Waals surface area (Å²) in [5, 5.41) is 10.4. The van der Waals surface area contributed by atoms with Crippen LogP contribution in [0.1, 0.15) is 33.6 Å². The van der Waals surface area contributed by atoms with Gasteiger partial charge >= 0.3 is 0 Å². The summed E-state index contributed by atoms with van der Waals surface area (Å²) in [7, 11) is 0. The summed E-state index contributed by atoms with van der Waals surface area (Å²) in [6.45, 7) is 2.05. The van der Waals surface area contributed by atoms with Gasteiger partial charge in [0.05, 0.1) is 22.4 Å². The first-order chi connectivity index (χ1) is 12.0. The van der Waals surface area contributed by atoms with E-state index in [1.807, 2.05) is 31.2 Å². The molecule has 0 aliphatic heterocycles. The van der Waals surface area contributed by atoms with Gasteiger partial charge in [-0.1, -0.05) is 12.1 Å². The summed E-state index contributed by atoms with van der Waals surface area (Å²) in [4.78, 5) is 16.3. The number of amides is 1. The second-order valence-electron chi connectivity index (χ2n) is 6.50. The van der Waals surface area contributed by atoms with Gasteiger partial charge in [0.15, 0.2) is 5.75 Å². The molecule has 25 heavy (non-hydrogen) atoms. The van der Waals surface area contributed by atoms with Crippen LogP contribution in [0.4, 0.5) is 0 Å². The van der Waals surface area contributed by atoms with E-state index >= 15 is 0 Å². The fraction of sp³-hybridized carbons (Fsp3) is 0.263. The van der Waals surface area contributed by atoms with Crippen molar-refractivity contribution in [2.75, 3.05) is 6.61 Å². The number of fused-ring (bicyclic) bond motifs is 1. The first-order valence-corrected chi connectivity index (χ1v) is 8.92. The molecule has 2 aromatic heterocycles. The molecule has 0 unspecified atom stereocenters. The number of aliphatic hydroxyl groups is 1. The number of aliphatic hydroxyl groups excluding tert-OH is 1. The average Bonchev–Trinajstić information content (AvgIpc) is 3.34. The van der Waals surface area contributed by atoms with Crippen LogP contribution in [0.3, 0.4) is 0 Å². The number of nitrogens with two attached hydrogens (primary N) is 1. The van der Waals surface area contributed by atoms with Crippen LogP contribution in [0.15, 0.2) is 36.7 Å². The van der Waals surface area contributed by atoms with Gasteiger partial charge in [-0.15, -0.1) is 11.3 Å². The Balaban J connectivity index is 1.68. The van der Waals surface area contributed by atoms with Crippen molar-refractivity contribution in [3.8, 4) is 11.5 Å². The molecule has 3 N–H and O–H groups in total. The van der Waals surface area contributed by atoms with Crippen molar-refractivity contribution >= 4 is 27.3 Å². The molecule has 1 aliphatic carbocycles. The third-order valence-electron chi connectivity index (χ3n) is 4.88. The third-order valence-corrected chi connectivity index (χ3v) is 6.12. The maximum Gasteiger partial charge on any atom is 0.259 e. The molecule has 3 aromatic rings. The van der Waals surface area contributed by atoms with Crippen LogP contribution in [-0.2, 0) is 5.41 Å². The number of rotatable bonds is 5. The molecule has 0 saturated heterocycles. The molecule has 0 spiro atoms. The van der Waals surface area contributed by atoms with Gasteiger partial charge < -0.3 is 15.6 Å². The maximum atomic E-state index is 11.6. The zero-order valence-corrected chi connectivity index (χ0v) is 14.6. The highest BCUT2D eigenvalue weighted by atomic mass is 32.1. The Labute approximate surface area is 149 Å². The fourth-order valence-electron chi connectivity index (χ4n) is 3.18. The first kappa shape index (κ1) is 16.1. The lowest BCUT2D eigenvalue weighted by Gasteiger charge is -2.13. The lowest BCUT2D eigenvalue weighted by atomic mass is 9.97. The maximum absolute atomic E-state index is 11.6. The van der Waals surface area contributed by atoms with Crippen LogP contribution in [0, 0.1) is 6.92 Å². The normalized spacial score (nSPS) is 15.3. The quantitative estimate of drug-likeness (QED) is 0.734. The lowest BCUT2D eigenvalue weighted by Crippen LogP contribution is -2.11. The van der Waals surface area contributed by atoms with E-state index in [0.29, 0.717) is 16.4 Å². The monoisotopic (exact) mass is 354 g/mol. The Hall–Kier alpha value is -2.44. The average molecular weight is 354 g/mol. The standard InChI is InChI=1S/C19H18N2O3S/c1-11-16-14(8-21-9-15(16)25-17(11)18(20)23)24-13-4-2-12(3-5-13)19(10-22)6-7-19/h2-5,8-9,22H,6-7,10H2,1H3,(H2,20,23). The molecule has 128 valence electrons. The Bertz CT molecular complexity index is 959. The van der Waals surface area contributed by atoms with Crippen LogP contribution >= 0.6 is 11.3 Å². The molecule has 0 atom stereocenters. The first-order valence-electron chi connectivity index (χ1n) is 8.10. The van der Waals surface area contributed by atoms with E-state index < -0.39 is 5.91 Å². The van der Waals surface area contributed by atoms with Gasteiger partial charge in [0.1, 0.15) is 5.75 Å². The predicted octanol–water partition coefficient (Wildman–Crippen LogP) is 3.52. The Kier molecular flexibility index (Phi) is 3.74. The van der Waals surface area contributed by atoms with Crippen LogP contribution in [0.2, 0.25) is 0 Å². The predicted molar refractivity (Wildman–Crippen MR) is 97.4 cm³/mol. The van der Waals surface area contributed by atoms with E-state index in [2.05, 4.69) is 4.98 Å². The van der Waals surface area contributed by atoms with Crippen LogP contribution < -0.4 is 10.5 Å². The summed E-state index contributed by atoms with van der Waals surface area (Å²) in [6, 6.07) is 7.81. The SMILES string of the molecule is Cc1c(C(N)=O)sc2cncc(Oc3ccc(C4(CO)CC4)cc3)c12. The van der Waals surface area contributed by atoms with Crippen molar-refractivity contribution < 1.29 is 14.6 Å². The zero-order valence-electron chi connectivity index (χ0n) is 13.8. The number of primary amides is 1. The van der Waals surface area contributed by atoms with Crippen molar-refractivity contribution in [1.29, 1.82) is 0 Å². The fourth-order valence-corrected chi connectivity index (χ4v) is 4.22. The molecule has 0 radical (unpaired) electrons. The molecule has 1 aromatic carbocycles. The molecule has 2 heterocycles. The molecular formula is C19H18N2O3S. The van der Waals surface area contributed by atoms with E-state index in [0.717, 1.165) is 34.1 Å². The molecule has 1 fully saturated rings. The molecule has 0 bridgehead atoms. The number of benzene rings is 1. The van der Waals surface area contributed by atoms with E-state index in [1.165, 1.54) is 11.3 Å². The number of carbonyl (C=O) groups is 1. The largest absolute Gasteiger partial charge is 0.455 e. The van der Waals surface area contributed by atoms with Crippen molar-refractivity contribution in [1.82, 2.24) is 4.98 Å². The topological polar surface area (TPSA) is 85.4 Å². The molecule has 1 saturated carbocycles. The Morgan fingerprint density at radius 2 is 2.04 bits per heavy atom. The van der Waals surface area contributed by atoms with E-state index in [4.69, 9.17) is 10.5 Å². The minimum atomic E-state index is -0.437.